The number of piperidine rings is 1. The molecule has 0 atom stereocenters. The standard InChI is InChI=1S/C22H20F2N6O.O2S/c1-13-2-3-18(17(24)8-13)29-21-20-19(27-12-28-21)16(11-31-20)14-4-6-30(7-5-14)22-25-9-15(23)10-26-22;1-3-2/h2-3,8-12,14H,4-7H2,1H3,(H,27,28,29);. The summed E-state index contributed by atoms with van der Waals surface area (Å²) >= 11 is -0.750. The Kier molecular flexibility index (Phi) is 7.16. The van der Waals surface area contributed by atoms with Crippen LogP contribution >= 0.6 is 0 Å². The molecule has 0 aliphatic carbocycles. The fourth-order valence-electron chi connectivity index (χ4n) is 3.96. The summed E-state index contributed by atoms with van der Waals surface area (Å²) in [7, 11) is 0. The Hall–Kier alpha value is -3.80. The lowest BCUT2D eigenvalue weighted by Gasteiger charge is -2.31. The van der Waals surface area contributed by atoms with Gasteiger partial charge in [-0.15, -0.1) is 0 Å². The molecule has 1 aromatic carbocycles. The third-order valence-corrected chi connectivity index (χ3v) is 5.58. The molecule has 1 saturated heterocycles. The molecule has 0 bridgehead atoms. The Balaban J connectivity index is 0.000000868. The monoisotopic (exact) mass is 486 g/mol. The van der Waals surface area contributed by atoms with Gasteiger partial charge in [0.1, 0.15) is 17.7 Å². The minimum absolute atomic E-state index is 0.247. The Morgan fingerprint density at radius 2 is 1.79 bits per heavy atom. The molecule has 0 unspecified atom stereocenters. The van der Waals surface area contributed by atoms with Gasteiger partial charge in [0.05, 0.1) is 24.3 Å². The predicted octanol–water partition coefficient (Wildman–Crippen LogP) is 4.06. The van der Waals surface area contributed by atoms with Crippen LogP contribution in [0.25, 0.3) is 11.1 Å². The number of benzene rings is 1. The molecule has 1 N–H and O–H groups in total. The number of nitrogens with zero attached hydrogens (tertiary/aromatic N) is 5. The summed E-state index contributed by atoms with van der Waals surface area (Å²) in [6.07, 6.45) is 7.24. The Morgan fingerprint density at radius 3 is 2.47 bits per heavy atom. The second-order valence-electron chi connectivity index (χ2n) is 7.73. The van der Waals surface area contributed by atoms with Crippen molar-refractivity contribution in [2.75, 3.05) is 23.3 Å². The maximum Gasteiger partial charge on any atom is 0.335 e. The molecule has 0 amide bonds. The molecule has 3 aromatic heterocycles. The summed E-state index contributed by atoms with van der Waals surface area (Å²) in [5.41, 5.74) is 3.40. The van der Waals surface area contributed by atoms with Gasteiger partial charge in [-0.25, -0.2) is 28.7 Å². The number of anilines is 3. The molecule has 0 spiro atoms. The zero-order valence-electron chi connectivity index (χ0n) is 18.1. The lowest BCUT2D eigenvalue weighted by atomic mass is 9.90. The van der Waals surface area contributed by atoms with Crippen LogP contribution < -0.4 is 10.2 Å². The number of aromatic nitrogens is 4. The average molecular weight is 487 g/mol. The van der Waals surface area contributed by atoms with Gasteiger partial charge < -0.3 is 14.6 Å². The van der Waals surface area contributed by atoms with E-state index in [0.29, 0.717) is 23.0 Å². The van der Waals surface area contributed by atoms with Crippen LogP contribution in [0, 0.1) is 18.6 Å². The van der Waals surface area contributed by atoms with Crippen LogP contribution in [-0.2, 0) is 11.6 Å². The predicted molar refractivity (Wildman–Crippen MR) is 121 cm³/mol. The van der Waals surface area contributed by atoms with E-state index in [0.717, 1.165) is 42.6 Å². The largest absolute Gasteiger partial charge is 0.458 e. The first-order valence-corrected chi connectivity index (χ1v) is 11.1. The summed E-state index contributed by atoms with van der Waals surface area (Å²) in [4.78, 5) is 18.8. The van der Waals surface area contributed by atoms with Crippen LogP contribution in [0.5, 0.6) is 0 Å². The molecule has 0 saturated carbocycles. The first-order valence-electron chi connectivity index (χ1n) is 10.4. The van der Waals surface area contributed by atoms with Crippen molar-refractivity contribution < 1.29 is 21.6 Å². The number of rotatable bonds is 4. The number of hydrogen-bond donors (Lipinski definition) is 1. The number of halogens is 2. The van der Waals surface area contributed by atoms with Gasteiger partial charge >= 0.3 is 11.6 Å². The molecule has 0 radical (unpaired) electrons. The minimum Gasteiger partial charge on any atom is -0.458 e. The Morgan fingerprint density at radius 1 is 1.09 bits per heavy atom. The van der Waals surface area contributed by atoms with E-state index in [4.69, 9.17) is 12.8 Å². The van der Waals surface area contributed by atoms with Crippen molar-refractivity contribution in [3.63, 3.8) is 0 Å². The lowest BCUT2D eigenvalue weighted by Crippen LogP contribution is -2.34. The molecule has 5 rings (SSSR count). The minimum atomic E-state index is -0.750. The maximum absolute atomic E-state index is 14.3. The molecule has 34 heavy (non-hydrogen) atoms. The molecule has 1 fully saturated rings. The van der Waals surface area contributed by atoms with Crippen LogP contribution in [0.2, 0.25) is 0 Å². The second kappa shape index (κ2) is 10.4. The molecular formula is C22H20F2N6O3S. The number of aryl methyl sites for hydroxylation is 1. The van der Waals surface area contributed by atoms with Crippen molar-refractivity contribution in [3.05, 3.63) is 65.9 Å². The average Bonchev–Trinajstić information content (AvgIpc) is 3.27. The highest BCUT2D eigenvalue weighted by Crippen LogP contribution is 2.36. The molecule has 4 heterocycles. The number of hydrogen-bond acceptors (Lipinski definition) is 9. The quantitative estimate of drug-likeness (QED) is 0.456. The van der Waals surface area contributed by atoms with Crippen molar-refractivity contribution in [2.24, 2.45) is 0 Å². The summed E-state index contributed by atoms with van der Waals surface area (Å²) in [6.45, 7) is 3.32. The van der Waals surface area contributed by atoms with E-state index in [1.807, 2.05) is 17.9 Å². The number of fused-ring (bicyclic) bond motifs is 1. The van der Waals surface area contributed by atoms with E-state index < -0.39 is 17.4 Å². The summed E-state index contributed by atoms with van der Waals surface area (Å²) in [5.74, 6) is 0.408. The van der Waals surface area contributed by atoms with E-state index in [9.17, 15) is 8.78 Å². The van der Waals surface area contributed by atoms with Crippen molar-refractivity contribution >= 4 is 40.1 Å². The van der Waals surface area contributed by atoms with E-state index in [1.165, 1.54) is 24.8 Å². The van der Waals surface area contributed by atoms with Crippen molar-refractivity contribution in [3.8, 4) is 0 Å². The maximum atomic E-state index is 14.3. The zero-order chi connectivity index (χ0) is 24.1. The molecule has 9 nitrogen and oxygen atoms in total. The molecule has 176 valence electrons. The molecule has 1 aliphatic heterocycles. The fourth-order valence-corrected chi connectivity index (χ4v) is 3.96. The van der Waals surface area contributed by atoms with Gasteiger partial charge in [-0.1, -0.05) is 6.07 Å². The molecule has 12 heteroatoms. The van der Waals surface area contributed by atoms with Crippen LogP contribution in [0.1, 0.15) is 29.9 Å². The highest BCUT2D eigenvalue weighted by atomic mass is 32.1. The van der Waals surface area contributed by atoms with E-state index in [1.54, 1.807) is 12.3 Å². The van der Waals surface area contributed by atoms with Gasteiger partial charge in [-0.05, 0) is 43.4 Å². The number of nitrogens with one attached hydrogen (secondary N) is 1. The SMILES string of the molecule is Cc1ccc(Nc2ncnc3c(C4CCN(c5ncc(F)cn5)CC4)coc23)c(F)c1.O=S=O. The van der Waals surface area contributed by atoms with Gasteiger partial charge in [0.25, 0.3) is 0 Å². The smallest absolute Gasteiger partial charge is 0.335 e. The highest BCUT2D eigenvalue weighted by Gasteiger charge is 2.26. The van der Waals surface area contributed by atoms with E-state index >= 15 is 0 Å². The topological polar surface area (TPSA) is 114 Å². The van der Waals surface area contributed by atoms with Crippen LogP contribution in [0.3, 0.4) is 0 Å². The third-order valence-electron chi connectivity index (χ3n) is 5.58. The van der Waals surface area contributed by atoms with Gasteiger partial charge in [0.15, 0.2) is 17.2 Å². The first-order chi connectivity index (χ1) is 16.5. The first kappa shape index (κ1) is 23.4. The number of furan rings is 1. The van der Waals surface area contributed by atoms with Crippen molar-refractivity contribution in [1.82, 2.24) is 19.9 Å². The Bertz CT molecular complexity index is 1320. The second-order valence-corrected chi connectivity index (χ2v) is 7.87. The zero-order valence-corrected chi connectivity index (χ0v) is 18.9. The van der Waals surface area contributed by atoms with E-state index in [-0.39, 0.29) is 11.7 Å². The lowest BCUT2D eigenvalue weighted by molar-refractivity contribution is 0.492. The van der Waals surface area contributed by atoms with E-state index in [2.05, 4.69) is 25.3 Å². The third kappa shape index (κ3) is 5.06. The summed E-state index contributed by atoms with van der Waals surface area (Å²) in [5, 5.41) is 3.02. The molecular weight excluding hydrogens is 466 g/mol. The van der Waals surface area contributed by atoms with Gasteiger partial charge in [-0.2, -0.15) is 8.42 Å². The fraction of sp³-hybridized carbons (Fsp3) is 0.273. The van der Waals surface area contributed by atoms with Gasteiger partial charge in [0, 0.05) is 18.7 Å². The highest BCUT2D eigenvalue weighted by molar-refractivity contribution is 7.51. The van der Waals surface area contributed by atoms with Crippen LogP contribution in [-0.4, -0.2) is 41.4 Å². The van der Waals surface area contributed by atoms with Gasteiger partial charge in [-0.3, -0.25) is 0 Å². The van der Waals surface area contributed by atoms with Crippen LogP contribution in [0.4, 0.5) is 26.2 Å². The van der Waals surface area contributed by atoms with Crippen molar-refractivity contribution in [2.45, 2.75) is 25.7 Å². The van der Waals surface area contributed by atoms with Crippen molar-refractivity contribution in [1.29, 1.82) is 0 Å². The summed E-state index contributed by atoms with van der Waals surface area (Å²) < 4.78 is 49.7. The Labute approximate surface area is 196 Å². The van der Waals surface area contributed by atoms with Crippen LogP contribution in [0.15, 0.2) is 47.6 Å². The summed E-state index contributed by atoms with van der Waals surface area (Å²) in [6, 6.07) is 4.97. The van der Waals surface area contributed by atoms with Gasteiger partial charge in [0.2, 0.25) is 5.95 Å². The normalized spacial score (nSPS) is 13.9. The molecule has 4 aromatic rings. The molecule has 1 aliphatic rings.